The van der Waals surface area contributed by atoms with E-state index in [0.29, 0.717) is 24.5 Å². The number of amides is 4. The zero-order chi connectivity index (χ0) is 23.3. The second-order valence-electron chi connectivity index (χ2n) is 7.36. The van der Waals surface area contributed by atoms with Gasteiger partial charge in [-0.2, -0.15) is 0 Å². The molecule has 168 valence electrons. The van der Waals surface area contributed by atoms with Crippen LogP contribution in [0.5, 0.6) is 0 Å². The van der Waals surface area contributed by atoms with E-state index in [2.05, 4.69) is 15.7 Å². The number of carboxylic acid groups (broad SMARTS) is 1. The summed E-state index contributed by atoms with van der Waals surface area (Å²) in [7, 11) is 1.36. The quantitative estimate of drug-likeness (QED) is 0.438. The van der Waals surface area contributed by atoms with Crippen LogP contribution in [0.3, 0.4) is 0 Å². The summed E-state index contributed by atoms with van der Waals surface area (Å²) in [5.74, 6) is -2.43. The van der Waals surface area contributed by atoms with Crippen molar-refractivity contribution < 1.29 is 29.1 Å². The minimum absolute atomic E-state index is 0.154. The summed E-state index contributed by atoms with van der Waals surface area (Å²) in [5.41, 5.74) is 2.63. The van der Waals surface area contributed by atoms with E-state index in [1.807, 2.05) is 12.1 Å². The molecule has 1 fully saturated rings. The van der Waals surface area contributed by atoms with Crippen LogP contribution in [-0.2, 0) is 14.4 Å². The molecule has 32 heavy (non-hydrogen) atoms. The van der Waals surface area contributed by atoms with Crippen LogP contribution in [0.1, 0.15) is 29.8 Å². The van der Waals surface area contributed by atoms with E-state index in [1.54, 1.807) is 18.2 Å². The molecule has 0 bridgehead atoms. The van der Waals surface area contributed by atoms with Crippen LogP contribution >= 0.6 is 0 Å². The maximum atomic E-state index is 12.9. The van der Waals surface area contributed by atoms with E-state index in [-0.39, 0.29) is 12.2 Å². The lowest BCUT2D eigenvalue weighted by molar-refractivity contribution is -0.139. The van der Waals surface area contributed by atoms with Crippen molar-refractivity contribution in [2.45, 2.75) is 31.3 Å². The summed E-state index contributed by atoms with van der Waals surface area (Å²) >= 11 is 0. The second kappa shape index (κ2) is 9.86. The fourth-order valence-corrected chi connectivity index (χ4v) is 3.61. The summed E-state index contributed by atoms with van der Waals surface area (Å²) < 4.78 is 0. The Hall–Kier alpha value is -4.02. The third-order valence-electron chi connectivity index (χ3n) is 5.13. The first-order valence-electron chi connectivity index (χ1n) is 9.98. The van der Waals surface area contributed by atoms with Crippen LogP contribution in [0.4, 0.5) is 4.79 Å². The smallest absolute Gasteiger partial charge is 0.339 e. The molecule has 2 atom stereocenters. The Morgan fingerprint density at radius 2 is 2.03 bits per heavy atom. The topological polar surface area (TPSA) is 149 Å². The number of pyridine rings is 1. The monoisotopic (exact) mass is 441 g/mol. The number of aldehydes is 1. The third-order valence-corrected chi connectivity index (χ3v) is 5.13. The van der Waals surface area contributed by atoms with E-state index in [1.165, 1.54) is 18.1 Å². The zero-order valence-electron chi connectivity index (χ0n) is 17.4. The lowest BCUT2D eigenvalue weighted by Gasteiger charge is -2.29. The number of hydrogen-bond acceptors (Lipinski definition) is 6. The van der Waals surface area contributed by atoms with Crippen molar-refractivity contribution in [2.24, 2.45) is 0 Å². The molecule has 1 aliphatic heterocycles. The molecule has 1 aromatic carbocycles. The number of hydrogen-bond donors (Lipinski definition) is 3. The average molecular weight is 441 g/mol. The SMILES string of the molecule is CN(NC(=O)c1nccc2ccccc12)C(=O)N1CCC[C@H]1C(=O)N[C@H](C=O)CC(=O)O. The maximum absolute atomic E-state index is 12.9. The number of likely N-dealkylation sites (tertiary alicyclic amines) is 1. The number of nitrogens with one attached hydrogen (secondary N) is 2. The highest BCUT2D eigenvalue weighted by Crippen LogP contribution is 2.20. The van der Waals surface area contributed by atoms with Gasteiger partial charge < -0.3 is 20.1 Å². The number of urea groups is 1. The predicted octanol–water partition coefficient (Wildman–Crippen LogP) is 0.554. The van der Waals surface area contributed by atoms with Gasteiger partial charge >= 0.3 is 12.0 Å². The van der Waals surface area contributed by atoms with Crippen LogP contribution in [0.25, 0.3) is 10.8 Å². The first-order valence-corrected chi connectivity index (χ1v) is 9.98. The third kappa shape index (κ3) is 4.99. The molecule has 1 saturated heterocycles. The van der Waals surface area contributed by atoms with Gasteiger partial charge in [0.15, 0.2) is 0 Å². The molecular formula is C21H23N5O6. The molecule has 0 saturated carbocycles. The minimum atomic E-state index is -1.23. The second-order valence-corrected chi connectivity index (χ2v) is 7.36. The number of aliphatic carboxylic acids is 1. The number of carbonyl (C=O) groups is 5. The maximum Gasteiger partial charge on any atom is 0.339 e. The molecule has 1 aliphatic rings. The molecule has 1 aromatic heterocycles. The van der Waals surface area contributed by atoms with Crippen LogP contribution in [0.15, 0.2) is 36.5 Å². The Morgan fingerprint density at radius 3 is 2.75 bits per heavy atom. The van der Waals surface area contributed by atoms with Crippen LogP contribution < -0.4 is 10.7 Å². The van der Waals surface area contributed by atoms with Gasteiger partial charge in [-0.05, 0) is 24.3 Å². The van der Waals surface area contributed by atoms with Crippen molar-refractivity contribution in [3.05, 3.63) is 42.2 Å². The Labute approximate surface area is 183 Å². The first kappa shape index (κ1) is 22.7. The van der Waals surface area contributed by atoms with Gasteiger partial charge in [-0.25, -0.2) is 9.80 Å². The Morgan fingerprint density at radius 1 is 1.28 bits per heavy atom. The predicted molar refractivity (Wildman–Crippen MR) is 112 cm³/mol. The van der Waals surface area contributed by atoms with E-state index in [0.717, 1.165) is 10.4 Å². The Kier molecular flexibility index (Phi) is 6.98. The van der Waals surface area contributed by atoms with Crippen molar-refractivity contribution in [3.63, 3.8) is 0 Å². The van der Waals surface area contributed by atoms with Crippen molar-refractivity contribution in [3.8, 4) is 0 Å². The van der Waals surface area contributed by atoms with Crippen molar-refractivity contribution in [1.82, 2.24) is 25.6 Å². The summed E-state index contributed by atoms with van der Waals surface area (Å²) in [4.78, 5) is 65.4. The van der Waals surface area contributed by atoms with E-state index in [9.17, 15) is 24.0 Å². The highest BCUT2D eigenvalue weighted by Gasteiger charge is 2.37. The fourth-order valence-electron chi connectivity index (χ4n) is 3.61. The molecule has 4 amide bonds. The van der Waals surface area contributed by atoms with Crippen molar-refractivity contribution in [1.29, 1.82) is 0 Å². The highest BCUT2D eigenvalue weighted by atomic mass is 16.4. The number of nitrogens with zero attached hydrogens (tertiary/aromatic N) is 3. The number of carboxylic acids is 1. The van der Waals surface area contributed by atoms with Gasteiger partial charge in [0, 0.05) is 25.2 Å². The van der Waals surface area contributed by atoms with Gasteiger partial charge in [-0.3, -0.25) is 24.8 Å². The van der Waals surface area contributed by atoms with Crippen molar-refractivity contribution in [2.75, 3.05) is 13.6 Å². The standard InChI is InChI=1S/C21H23N5O6/c1-25(24-20(31)18-15-6-3-2-5-13(15)8-9-22-18)21(32)26-10-4-7-16(26)19(30)23-14(12-27)11-17(28)29/h2-3,5-6,8-9,12,14,16H,4,7,10-11H2,1H3,(H,23,30)(H,24,31)(H,28,29)/t14-,16-/m0/s1. The van der Waals surface area contributed by atoms with Crippen LogP contribution in [0.2, 0.25) is 0 Å². The normalized spacial score (nSPS) is 16.3. The fraction of sp³-hybridized carbons (Fsp3) is 0.333. The molecule has 2 heterocycles. The molecule has 3 rings (SSSR count). The van der Waals surface area contributed by atoms with Gasteiger partial charge in [0.2, 0.25) is 5.91 Å². The summed E-state index contributed by atoms with van der Waals surface area (Å²) in [6.07, 6.45) is 2.19. The summed E-state index contributed by atoms with van der Waals surface area (Å²) in [6, 6.07) is 6.29. The molecule has 2 aromatic rings. The van der Waals surface area contributed by atoms with Gasteiger partial charge in [0.25, 0.3) is 5.91 Å². The number of benzene rings is 1. The number of carbonyl (C=O) groups excluding carboxylic acids is 4. The van der Waals surface area contributed by atoms with Crippen LogP contribution in [-0.4, -0.2) is 75.8 Å². The van der Waals surface area contributed by atoms with Crippen molar-refractivity contribution >= 4 is 40.9 Å². The molecule has 3 N–H and O–H groups in total. The van der Waals surface area contributed by atoms with E-state index in [4.69, 9.17) is 5.11 Å². The van der Waals surface area contributed by atoms with Crippen LogP contribution in [0, 0.1) is 0 Å². The van der Waals surface area contributed by atoms with E-state index < -0.39 is 42.3 Å². The molecule has 11 heteroatoms. The molecule has 0 radical (unpaired) electrons. The van der Waals surface area contributed by atoms with Gasteiger partial charge in [-0.1, -0.05) is 24.3 Å². The Balaban J connectivity index is 1.67. The minimum Gasteiger partial charge on any atom is -0.481 e. The molecule has 0 unspecified atom stereocenters. The lowest BCUT2D eigenvalue weighted by atomic mass is 10.1. The first-order chi connectivity index (χ1) is 15.3. The molecular weight excluding hydrogens is 418 g/mol. The van der Waals surface area contributed by atoms with Gasteiger partial charge in [0.1, 0.15) is 18.0 Å². The largest absolute Gasteiger partial charge is 0.481 e. The number of fused-ring (bicyclic) bond motifs is 1. The van der Waals surface area contributed by atoms with Gasteiger partial charge in [-0.15, -0.1) is 0 Å². The highest BCUT2D eigenvalue weighted by molar-refractivity contribution is 6.05. The zero-order valence-corrected chi connectivity index (χ0v) is 17.4. The molecule has 11 nitrogen and oxygen atoms in total. The van der Waals surface area contributed by atoms with E-state index >= 15 is 0 Å². The number of rotatable bonds is 6. The molecule has 0 spiro atoms. The lowest BCUT2D eigenvalue weighted by Crippen LogP contribution is -2.55. The average Bonchev–Trinajstić information content (AvgIpc) is 3.27. The number of aromatic nitrogens is 1. The Bertz CT molecular complexity index is 1050. The summed E-state index contributed by atoms with van der Waals surface area (Å²) in [6.45, 7) is 0.272. The number of hydrazine groups is 1. The molecule has 0 aliphatic carbocycles. The van der Waals surface area contributed by atoms with Gasteiger partial charge in [0.05, 0.1) is 12.5 Å². The summed E-state index contributed by atoms with van der Waals surface area (Å²) in [5, 5.41) is 13.6.